The van der Waals surface area contributed by atoms with E-state index in [1.165, 1.54) is 11.3 Å². The molecule has 2 aromatic carbocycles. The SMILES string of the molecule is CS(=O)(=O)NC(=O)c1nc(N(Cc2ccc(Cl)cc2)c2ccc(C#N)cc2)sc1C1CC1. The molecule has 1 aliphatic carbocycles. The monoisotopic (exact) mass is 486 g/mol. The lowest BCUT2D eigenvalue weighted by molar-refractivity contribution is 0.0976. The molecule has 1 aliphatic rings. The van der Waals surface area contributed by atoms with Crippen molar-refractivity contribution >= 4 is 49.7 Å². The van der Waals surface area contributed by atoms with Crippen molar-refractivity contribution in [2.24, 2.45) is 0 Å². The number of carbonyl (C=O) groups is 1. The number of benzene rings is 2. The van der Waals surface area contributed by atoms with Gasteiger partial charge in [-0.1, -0.05) is 23.7 Å². The summed E-state index contributed by atoms with van der Waals surface area (Å²) in [6.07, 6.45) is 2.82. The normalized spacial score (nSPS) is 13.4. The molecule has 1 amide bonds. The first-order valence-electron chi connectivity index (χ1n) is 9.78. The van der Waals surface area contributed by atoms with Gasteiger partial charge in [0, 0.05) is 15.6 Å². The average molecular weight is 487 g/mol. The van der Waals surface area contributed by atoms with Crippen molar-refractivity contribution in [1.82, 2.24) is 9.71 Å². The van der Waals surface area contributed by atoms with Crippen LogP contribution >= 0.6 is 22.9 Å². The fourth-order valence-electron chi connectivity index (χ4n) is 3.19. The van der Waals surface area contributed by atoms with Crippen molar-refractivity contribution in [2.75, 3.05) is 11.2 Å². The molecule has 1 heterocycles. The minimum atomic E-state index is -3.71. The van der Waals surface area contributed by atoms with Gasteiger partial charge in [0.15, 0.2) is 5.13 Å². The summed E-state index contributed by atoms with van der Waals surface area (Å²) in [5.41, 5.74) is 2.45. The van der Waals surface area contributed by atoms with Crippen molar-refractivity contribution in [2.45, 2.75) is 25.3 Å². The predicted molar refractivity (Wildman–Crippen MR) is 125 cm³/mol. The minimum Gasteiger partial charge on any atom is -0.313 e. The van der Waals surface area contributed by atoms with Crippen molar-refractivity contribution in [3.05, 3.63) is 75.3 Å². The highest BCUT2D eigenvalue weighted by atomic mass is 35.5. The van der Waals surface area contributed by atoms with Gasteiger partial charge in [-0.05, 0) is 60.7 Å². The van der Waals surface area contributed by atoms with E-state index in [1.54, 1.807) is 24.3 Å². The zero-order chi connectivity index (χ0) is 22.9. The number of nitrogens with one attached hydrogen (secondary N) is 1. The Morgan fingerprint density at radius 3 is 2.44 bits per heavy atom. The number of aromatic nitrogens is 1. The van der Waals surface area contributed by atoms with Crippen LogP contribution in [0.3, 0.4) is 0 Å². The van der Waals surface area contributed by atoms with Gasteiger partial charge in [-0.25, -0.2) is 18.1 Å². The number of nitrogens with zero attached hydrogens (tertiary/aromatic N) is 3. The van der Waals surface area contributed by atoms with Gasteiger partial charge in [-0.3, -0.25) is 4.79 Å². The molecule has 0 unspecified atom stereocenters. The number of hydrogen-bond acceptors (Lipinski definition) is 7. The summed E-state index contributed by atoms with van der Waals surface area (Å²) in [5.74, 6) is -0.511. The Morgan fingerprint density at radius 2 is 1.88 bits per heavy atom. The summed E-state index contributed by atoms with van der Waals surface area (Å²) in [6, 6.07) is 16.6. The number of amides is 1. The molecule has 1 fully saturated rings. The molecule has 0 radical (unpaired) electrons. The second-order valence-electron chi connectivity index (χ2n) is 7.56. The summed E-state index contributed by atoms with van der Waals surface area (Å²) in [5, 5.41) is 10.3. The molecule has 164 valence electrons. The molecular formula is C22H19ClN4O3S2. The molecule has 32 heavy (non-hydrogen) atoms. The summed E-state index contributed by atoms with van der Waals surface area (Å²) in [4.78, 5) is 19.9. The van der Waals surface area contributed by atoms with E-state index in [4.69, 9.17) is 16.9 Å². The van der Waals surface area contributed by atoms with E-state index in [1.807, 2.05) is 33.9 Å². The lowest BCUT2D eigenvalue weighted by atomic mass is 10.2. The van der Waals surface area contributed by atoms with E-state index in [-0.39, 0.29) is 11.6 Å². The summed E-state index contributed by atoms with van der Waals surface area (Å²) >= 11 is 7.41. The molecule has 1 N–H and O–H groups in total. The van der Waals surface area contributed by atoms with Crippen LogP contribution in [0.4, 0.5) is 10.8 Å². The molecule has 1 saturated carbocycles. The van der Waals surface area contributed by atoms with Gasteiger partial charge in [0.05, 0.1) is 24.4 Å². The number of nitriles is 1. The zero-order valence-electron chi connectivity index (χ0n) is 17.1. The van der Waals surface area contributed by atoms with Crippen LogP contribution < -0.4 is 9.62 Å². The third kappa shape index (κ3) is 5.27. The van der Waals surface area contributed by atoms with E-state index < -0.39 is 15.9 Å². The summed E-state index contributed by atoms with van der Waals surface area (Å²) in [7, 11) is -3.71. The largest absolute Gasteiger partial charge is 0.313 e. The molecule has 3 aromatic rings. The Labute approximate surface area is 195 Å². The number of thiazole rings is 1. The molecule has 4 rings (SSSR count). The van der Waals surface area contributed by atoms with Crippen LogP contribution in [0.15, 0.2) is 48.5 Å². The van der Waals surface area contributed by atoms with Gasteiger partial charge in [0.25, 0.3) is 5.91 Å². The molecule has 1 aromatic heterocycles. The van der Waals surface area contributed by atoms with Crippen LogP contribution in [-0.2, 0) is 16.6 Å². The number of hydrogen-bond donors (Lipinski definition) is 1. The van der Waals surface area contributed by atoms with Crippen LogP contribution in [0, 0.1) is 11.3 Å². The molecule has 0 spiro atoms. The Kier molecular flexibility index (Phi) is 6.20. The summed E-state index contributed by atoms with van der Waals surface area (Å²) < 4.78 is 25.2. The topological polar surface area (TPSA) is 103 Å². The van der Waals surface area contributed by atoms with Crippen LogP contribution in [0.1, 0.15) is 45.3 Å². The molecular weight excluding hydrogens is 468 g/mol. The number of anilines is 2. The maximum atomic E-state index is 12.6. The van der Waals surface area contributed by atoms with E-state index in [0.29, 0.717) is 22.3 Å². The highest BCUT2D eigenvalue weighted by Gasteiger charge is 2.33. The van der Waals surface area contributed by atoms with Gasteiger partial charge in [0.2, 0.25) is 10.0 Å². The molecule has 10 heteroatoms. The smallest absolute Gasteiger partial charge is 0.284 e. The van der Waals surface area contributed by atoms with Gasteiger partial charge in [-0.15, -0.1) is 11.3 Å². The Hall–Kier alpha value is -2.93. The Balaban J connectivity index is 1.76. The zero-order valence-corrected chi connectivity index (χ0v) is 19.5. The lowest BCUT2D eigenvalue weighted by Crippen LogP contribution is -2.30. The maximum absolute atomic E-state index is 12.6. The van der Waals surface area contributed by atoms with Crippen LogP contribution in [0.25, 0.3) is 0 Å². The quantitative estimate of drug-likeness (QED) is 0.524. The molecule has 0 bridgehead atoms. The van der Waals surface area contributed by atoms with Crippen LogP contribution in [0.2, 0.25) is 5.02 Å². The van der Waals surface area contributed by atoms with Crippen molar-refractivity contribution in [3.8, 4) is 6.07 Å². The molecule has 0 aliphatic heterocycles. The van der Waals surface area contributed by atoms with Gasteiger partial charge >= 0.3 is 0 Å². The number of rotatable bonds is 7. The first-order chi connectivity index (χ1) is 15.2. The van der Waals surface area contributed by atoms with Crippen molar-refractivity contribution < 1.29 is 13.2 Å². The van der Waals surface area contributed by atoms with Crippen LogP contribution in [-0.4, -0.2) is 25.6 Å². The first kappa shape index (κ1) is 22.3. The fourth-order valence-corrected chi connectivity index (χ4v) is 5.01. The van der Waals surface area contributed by atoms with E-state index in [0.717, 1.165) is 35.2 Å². The Bertz CT molecular complexity index is 1290. The van der Waals surface area contributed by atoms with Crippen molar-refractivity contribution in [3.63, 3.8) is 0 Å². The third-order valence-electron chi connectivity index (χ3n) is 4.88. The lowest BCUT2D eigenvalue weighted by Gasteiger charge is -2.22. The van der Waals surface area contributed by atoms with E-state index >= 15 is 0 Å². The molecule has 0 saturated heterocycles. The van der Waals surface area contributed by atoms with Gasteiger partial charge in [-0.2, -0.15) is 5.26 Å². The fraction of sp³-hybridized carbons (Fsp3) is 0.227. The second-order valence-corrected chi connectivity index (χ2v) is 10.8. The minimum absolute atomic E-state index is 0.146. The number of sulfonamides is 1. The highest BCUT2D eigenvalue weighted by molar-refractivity contribution is 7.89. The number of carbonyl (C=O) groups excluding carboxylic acids is 1. The number of halogens is 1. The predicted octanol–water partition coefficient (Wildman–Crippen LogP) is 4.57. The standard InChI is InChI=1S/C22H19ClN4O3S2/c1-32(29,30)26-21(28)19-20(16-6-7-16)31-22(25-19)27(13-15-2-8-17(23)9-3-15)18-10-4-14(12-24)5-11-18/h2-5,8-11,16H,6-7,13H2,1H3,(H,26,28). The summed E-state index contributed by atoms with van der Waals surface area (Å²) in [6.45, 7) is 0.452. The highest BCUT2D eigenvalue weighted by Crippen LogP contribution is 2.47. The second kappa shape index (κ2) is 8.90. The Morgan fingerprint density at radius 1 is 1.22 bits per heavy atom. The molecule has 0 atom stereocenters. The van der Waals surface area contributed by atoms with Crippen LogP contribution in [0.5, 0.6) is 0 Å². The maximum Gasteiger partial charge on any atom is 0.284 e. The van der Waals surface area contributed by atoms with E-state index in [2.05, 4.69) is 11.1 Å². The average Bonchev–Trinajstić information content (AvgIpc) is 3.50. The molecule has 7 nitrogen and oxygen atoms in total. The van der Waals surface area contributed by atoms with E-state index in [9.17, 15) is 13.2 Å². The van der Waals surface area contributed by atoms with Gasteiger partial charge in [0.1, 0.15) is 5.69 Å². The first-order valence-corrected chi connectivity index (χ1v) is 12.9. The van der Waals surface area contributed by atoms with Crippen molar-refractivity contribution in [1.29, 1.82) is 5.26 Å². The van der Waals surface area contributed by atoms with Gasteiger partial charge < -0.3 is 4.90 Å². The third-order valence-corrected chi connectivity index (χ3v) is 6.93.